The molecule has 1 aliphatic rings. The van der Waals surface area contributed by atoms with Gasteiger partial charge in [-0.2, -0.15) is 0 Å². The van der Waals surface area contributed by atoms with Crippen molar-refractivity contribution in [2.45, 2.75) is 13.0 Å². The Morgan fingerprint density at radius 3 is 2.67 bits per heavy atom. The summed E-state index contributed by atoms with van der Waals surface area (Å²) in [5, 5.41) is 0. The summed E-state index contributed by atoms with van der Waals surface area (Å²) in [6.07, 6.45) is 0. The molecule has 3 atom stereocenters. The molecule has 1 aromatic rings. The number of hydrogen-bond donors (Lipinski definition) is 0. The minimum Gasteiger partial charge on any atom is -0.293 e. The van der Waals surface area contributed by atoms with Gasteiger partial charge in [-0.25, -0.2) is 0 Å². The van der Waals surface area contributed by atoms with Crippen LogP contribution in [0.5, 0.6) is 0 Å². The second-order valence-electron chi connectivity index (χ2n) is 2.84. The molecule has 1 saturated heterocycles. The van der Waals surface area contributed by atoms with E-state index in [0.29, 0.717) is 6.04 Å². The van der Waals surface area contributed by atoms with Crippen LogP contribution in [0.3, 0.4) is 0 Å². The highest BCUT2D eigenvalue weighted by atomic mass is 15.3. The van der Waals surface area contributed by atoms with Gasteiger partial charge >= 0.3 is 0 Å². The van der Waals surface area contributed by atoms with E-state index in [4.69, 9.17) is 1.37 Å². The summed E-state index contributed by atoms with van der Waals surface area (Å²) in [5.74, 6) is 0. The van der Waals surface area contributed by atoms with E-state index in [1.54, 1.807) is 0 Å². The van der Waals surface area contributed by atoms with Crippen LogP contribution in [0.25, 0.3) is 0 Å². The molecular weight excluding hydrogens is 145 g/mol. The SMILES string of the molecule is [2H][C@@H]1[C@H](c2ccccc2)N1CC.[B]. The monoisotopic (exact) mass is 159 g/mol. The molecule has 2 heteroatoms. The van der Waals surface area contributed by atoms with Crippen LogP contribution in [0.2, 0.25) is 0 Å². The average Bonchev–Trinajstić information content (AvgIpc) is 2.78. The van der Waals surface area contributed by atoms with E-state index in [9.17, 15) is 0 Å². The highest BCUT2D eigenvalue weighted by Gasteiger charge is 2.32. The first-order valence-electron chi connectivity index (χ1n) is 4.65. The fraction of sp³-hybridized carbons (Fsp3) is 0.400. The van der Waals surface area contributed by atoms with Crippen LogP contribution < -0.4 is 0 Å². The zero-order chi connectivity index (χ0) is 8.55. The molecule has 0 N–H and O–H groups in total. The van der Waals surface area contributed by atoms with Gasteiger partial charge in [0.2, 0.25) is 0 Å². The molecule has 61 valence electrons. The van der Waals surface area contributed by atoms with Gasteiger partial charge in [-0.1, -0.05) is 37.3 Å². The third-order valence-electron chi connectivity index (χ3n) is 2.11. The fourth-order valence-electron chi connectivity index (χ4n) is 1.37. The molecule has 0 amide bonds. The lowest BCUT2D eigenvalue weighted by atomic mass is 10.2. The zero-order valence-corrected chi connectivity index (χ0v) is 7.27. The van der Waals surface area contributed by atoms with Crippen LogP contribution >= 0.6 is 0 Å². The molecule has 1 aromatic carbocycles. The Kier molecular flexibility index (Phi) is 2.47. The molecular formula is C10H13BN. The van der Waals surface area contributed by atoms with E-state index < -0.39 is 0 Å². The fourth-order valence-corrected chi connectivity index (χ4v) is 1.37. The molecule has 2 rings (SSSR count). The summed E-state index contributed by atoms with van der Waals surface area (Å²) in [4.78, 5) is 2.16. The van der Waals surface area contributed by atoms with Crippen molar-refractivity contribution in [3.05, 3.63) is 35.9 Å². The Balaban J connectivity index is 0.000000845. The maximum atomic E-state index is 7.67. The standard InChI is InChI=1S/C10H13N.B/c1-2-11-8-10(11)9-6-4-3-5-7-9;/h3-7,10H,2,8H2,1H3;/t10-,11?;/m1./s1/i8D;/t8-,10-,11?;. The largest absolute Gasteiger partial charge is 0.293 e. The van der Waals surface area contributed by atoms with E-state index in [-0.39, 0.29) is 14.9 Å². The van der Waals surface area contributed by atoms with Gasteiger partial charge < -0.3 is 0 Å². The van der Waals surface area contributed by atoms with E-state index >= 15 is 0 Å². The normalized spacial score (nSPS) is 33.4. The summed E-state index contributed by atoms with van der Waals surface area (Å²) in [5.41, 5.74) is 1.28. The minimum atomic E-state index is -0.00241. The van der Waals surface area contributed by atoms with Gasteiger partial charge in [0.25, 0.3) is 0 Å². The van der Waals surface area contributed by atoms with Crippen molar-refractivity contribution < 1.29 is 1.37 Å². The van der Waals surface area contributed by atoms with Gasteiger partial charge in [-0.3, -0.25) is 4.90 Å². The van der Waals surface area contributed by atoms with Gasteiger partial charge in [0, 0.05) is 22.3 Å². The number of rotatable bonds is 2. The van der Waals surface area contributed by atoms with E-state index in [1.165, 1.54) is 5.56 Å². The zero-order valence-electron chi connectivity index (χ0n) is 8.27. The van der Waals surface area contributed by atoms with Gasteiger partial charge in [0.15, 0.2) is 0 Å². The van der Waals surface area contributed by atoms with Crippen molar-refractivity contribution in [1.29, 1.82) is 0 Å². The van der Waals surface area contributed by atoms with Gasteiger partial charge in [0.05, 0.1) is 0 Å². The first-order valence-corrected chi connectivity index (χ1v) is 4.07. The number of nitrogens with zero attached hydrogens (tertiary/aromatic N) is 1. The molecule has 1 aliphatic heterocycles. The average molecular weight is 159 g/mol. The van der Waals surface area contributed by atoms with Crippen LogP contribution in [0.1, 0.15) is 19.9 Å². The second-order valence-corrected chi connectivity index (χ2v) is 2.84. The Morgan fingerprint density at radius 1 is 1.50 bits per heavy atom. The lowest BCUT2D eigenvalue weighted by molar-refractivity contribution is 0.544. The van der Waals surface area contributed by atoms with Gasteiger partial charge in [-0.05, 0) is 12.1 Å². The van der Waals surface area contributed by atoms with Crippen LogP contribution in [0.4, 0.5) is 0 Å². The van der Waals surface area contributed by atoms with Crippen molar-refractivity contribution in [3.8, 4) is 0 Å². The topological polar surface area (TPSA) is 3.01 Å². The van der Waals surface area contributed by atoms with Gasteiger partial charge in [-0.15, -0.1) is 0 Å². The van der Waals surface area contributed by atoms with E-state index in [1.807, 2.05) is 18.2 Å². The van der Waals surface area contributed by atoms with E-state index in [0.717, 1.165) is 6.54 Å². The number of benzene rings is 1. The van der Waals surface area contributed by atoms with Gasteiger partial charge in [0.1, 0.15) is 0 Å². The minimum absolute atomic E-state index is 0. The third kappa shape index (κ3) is 1.70. The summed E-state index contributed by atoms with van der Waals surface area (Å²) < 4.78 is 7.67. The van der Waals surface area contributed by atoms with Crippen molar-refractivity contribution in [3.63, 3.8) is 0 Å². The smallest absolute Gasteiger partial charge is 0.0476 e. The molecule has 0 saturated carbocycles. The van der Waals surface area contributed by atoms with Crippen molar-refractivity contribution in [2.75, 3.05) is 13.1 Å². The molecule has 1 heterocycles. The van der Waals surface area contributed by atoms with Crippen LogP contribution in [-0.2, 0) is 0 Å². The maximum Gasteiger partial charge on any atom is 0.0476 e. The van der Waals surface area contributed by atoms with Crippen molar-refractivity contribution >= 4 is 8.41 Å². The molecule has 1 unspecified atom stereocenters. The molecule has 1 fully saturated rings. The highest BCUT2D eigenvalue weighted by Crippen LogP contribution is 2.33. The maximum absolute atomic E-state index is 7.67. The van der Waals surface area contributed by atoms with Crippen molar-refractivity contribution in [2.24, 2.45) is 0 Å². The molecule has 12 heavy (non-hydrogen) atoms. The second kappa shape index (κ2) is 3.77. The first kappa shape index (κ1) is 7.87. The Hall–Kier alpha value is -0.755. The Morgan fingerprint density at radius 2 is 2.17 bits per heavy atom. The molecule has 1 nitrogen and oxygen atoms in total. The number of hydrogen-bond acceptors (Lipinski definition) is 1. The molecule has 3 radical (unpaired) electrons. The lowest BCUT2D eigenvalue weighted by Crippen LogP contribution is -1.94. The van der Waals surface area contributed by atoms with Crippen molar-refractivity contribution in [1.82, 2.24) is 4.90 Å². The third-order valence-corrected chi connectivity index (χ3v) is 2.11. The Bertz CT molecular complexity index is 265. The number of likely N-dealkylation sites (N-methyl/N-ethyl adjacent to an activating group) is 1. The highest BCUT2D eigenvalue weighted by molar-refractivity contribution is 5.75. The lowest BCUT2D eigenvalue weighted by Gasteiger charge is -1.98. The summed E-state index contributed by atoms with van der Waals surface area (Å²) >= 11 is 0. The molecule has 0 aliphatic carbocycles. The van der Waals surface area contributed by atoms with Crippen LogP contribution in [0.15, 0.2) is 30.3 Å². The summed E-state index contributed by atoms with van der Waals surface area (Å²) in [6, 6.07) is 10.6. The van der Waals surface area contributed by atoms with Crippen LogP contribution in [-0.4, -0.2) is 26.4 Å². The first-order chi connectivity index (χ1) is 5.84. The predicted molar refractivity (Wildman–Crippen MR) is 52.2 cm³/mol. The molecule has 0 spiro atoms. The molecule has 0 aromatic heterocycles. The summed E-state index contributed by atoms with van der Waals surface area (Å²) in [7, 11) is 0. The summed E-state index contributed by atoms with van der Waals surface area (Å²) in [6.45, 7) is 3.08. The quantitative estimate of drug-likeness (QED) is 0.468. The van der Waals surface area contributed by atoms with Crippen LogP contribution in [0, 0.1) is 0 Å². The molecule has 0 bridgehead atoms. The van der Waals surface area contributed by atoms with E-state index in [2.05, 4.69) is 24.0 Å². The predicted octanol–water partition coefficient (Wildman–Crippen LogP) is 1.68. The Labute approximate surface area is 77.4 Å².